The maximum absolute atomic E-state index is 5.14. The molecule has 0 bridgehead atoms. The molecule has 0 radical (unpaired) electrons. The average molecular weight is 274 g/mol. The lowest BCUT2D eigenvalue weighted by molar-refractivity contribution is 0.185. The van der Waals surface area contributed by atoms with E-state index in [0.717, 1.165) is 23.6 Å². The molecule has 0 aliphatic heterocycles. The number of benzene rings is 1. The van der Waals surface area contributed by atoms with Crippen molar-refractivity contribution in [2.75, 3.05) is 12.4 Å². The first kappa shape index (κ1) is 14.5. The molecule has 1 heterocycles. The Labute approximate surface area is 120 Å². The lowest BCUT2D eigenvalue weighted by Crippen LogP contribution is -2.13. The zero-order chi connectivity index (χ0) is 14.4. The van der Waals surface area contributed by atoms with E-state index in [9.17, 15) is 0 Å². The summed E-state index contributed by atoms with van der Waals surface area (Å²) >= 11 is 0. The summed E-state index contributed by atoms with van der Waals surface area (Å²) in [5, 5.41) is 7.64. The highest BCUT2D eigenvalue weighted by Crippen LogP contribution is 2.12. The number of anilines is 1. The van der Waals surface area contributed by atoms with Crippen LogP contribution < -0.4 is 5.32 Å². The van der Waals surface area contributed by atoms with E-state index in [2.05, 4.69) is 41.4 Å². The zero-order valence-corrected chi connectivity index (χ0v) is 12.3. The summed E-state index contributed by atoms with van der Waals surface area (Å²) in [6.07, 6.45) is 1.61. The summed E-state index contributed by atoms with van der Waals surface area (Å²) in [5.74, 6) is 1.51. The van der Waals surface area contributed by atoms with Crippen LogP contribution in [-0.4, -0.2) is 21.9 Å². The topological polar surface area (TPSA) is 52.0 Å². The van der Waals surface area contributed by atoms with Gasteiger partial charge in [0.25, 0.3) is 0 Å². The van der Waals surface area contributed by atoms with Crippen LogP contribution in [0.1, 0.15) is 25.2 Å². The van der Waals surface area contributed by atoms with E-state index >= 15 is 0 Å². The molecule has 1 N–H and O–H groups in total. The van der Waals surface area contributed by atoms with Gasteiger partial charge in [0.15, 0.2) is 0 Å². The van der Waals surface area contributed by atoms with Gasteiger partial charge in [0.05, 0.1) is 13.2 Å². The van der Waals surface area contributed by atoms with Crippen molar-refractivity contribution in [3.05, 3.63) is 42.0 Å². The van der Waals surface area contributed by atoms with E-state index in [4.69, 9.17) is 4.74 Å². The second kappa shape index (κ2) is 7.05. The molecule has 108 valence electrons. The van der Waals surface area contributed by atoms with Gasteiger partial charge in [0.1, 0.15) is 12.2 Å². The summed E-state index contributed by atoms with van der Waals surface area (Å²) in [6, 6.07) is 8.21. The minimum Gasteiger partial charge on any atom is -0.380 e. The van der Waals surface area contributed by atoms with E-state index in [1.807, 2.05) is 16.8 Å². The number of rotatable bonds is 7. The molecular formula is C15H22N4O. The monoisotopic (exact) mass is 274 g/mol. The zero-order valence-electron chi connectivity index (χ0n) is 12.3. The minimum absolute atomic E-state index is 0.556. The molecule has 0 saturated carbocycles. The number of nitrogens with zero attached hydrogens (tertiary/aromatic N) is 3. The van der Waals surface area contributed by atoms with Crippen molar-refractivity contribution in [1.82, 2.24) is 14.8 Å². The fourth-order valence-corrected chi connectivity index (χ4v) is 2.04. The summed E-state index contributed by atoms with van der Waals surface area (Å²) in [7, 11) is 1.70. The molecule has 0 fully saturated rings. The van der Waals surface area contributed by atoms with E-state index in [1.54, 1.807) is 13.4 Å². The fourth-order valence-electron chi connectivity index (χ4n) is 2.04. The number of aromatic nitrogens is 3. The Morgan fingerprint density at radius 1 is 1.35 bits per heavy atom. The van der Waals surface area contributed by atoms with Gasteiger partial charge in [0, 0.05) is 19.3 Å². The molecule has 0 saturated heterocycles. The van der Waals surface area contributed by atoms with Gasteiger partial charge in [-0.3, -0.25) is 0 Å². The van der Waals surface area contributed by atoms with Crippen LogP contribution in [0.5, 0.6) is 0 Å². The normalized spacial score (nSPS) is 11.0. The van der Waals surface area contributed by atoms with Crippen LogP contribution in [0.3, 0.4) is 0 Å². The second-order valence-electron chi connectivity index (χ2n) is 5.24. The van der Waals surface area contributed by atoms with Crippen molar-refractivity contribution in [1.29, 1.82) is 0 Å². The van der Waals surface area contributed by atoms with Crippen molar-refractivity contribution in [2.24, 2.45) is 5.92 Å². The first-order valence-electron chi connectivity index (χ1n) is 6.87. The van der Waals surface area contributed by atoms with Crippen LogP contribution in [0.25, 0.3) is 0 Å². The quantitative estimate of drug-likeness (QED) is 0.843. The second-order valence-corrected chi connectivity index (χ2v) is 5.24. The maximum atomic E-state index is 5.14. The van der Waals surface area contributed by atoms with Gasteiger partial charge < -0.3 is 10.1 Å². The Bertz CT molecular complexity index is 536. The van der Waals surface area contributed by atoms with Crippen molar-refractivity contribution in [3.8, 4) is 0 Å². The van der Waals surface area contributed by atoms with Crippen LogP contribution >= 0.6 is 0 Å². The Hall–Kier alpha value is -1.88. The van der Waals surface area contributed by atoms with Gasteiger partial charge in [-0.15, -0.1) is 0 Å². The standard InChI is InChI=1S/C15H22N4O/c1-12(2)9-19-15(17-11-18-19)8-16-14-6-4-5-13(7-14)10-20-3/h4-7,11-12,16H,8-10H2,1-3H3. The van der Waals surface area contributed by atoms with Crippen LogP contribution in [0.4, 0.5) is 5.69 Å². The Morgan fingerprint density at radius 3 is 2.95 bits per heavy atom. The van der Waals surface area contributed by atoms with Crippen LogP contribution in [0, 0.1) is 5.92 Å². The first-order valence-corrected chi connectivity index (χ1v) is 6.87. The number of methoxy groups -OCH3 is 1. The maximum Gasteiger partial charge on any atom is 0.146 e. The highest BCUT2D eigenvalue weighted by molar-refractivity contribution is 5.45. The van der Waals surface area contributed by atoms with Gasteiger partial charge in [-0.25, -0.2) is 9.67 Å². The average Bonchev–Trinajstić information content (AvgIpc) is 2.84. The number of nitrogens with one attached hydrogen (secondary N) is 1. The van der Waals surface area contributed by atoms with Gasteiger partial charge in [0.2, 0.25) is 0 Å². The van der Waals surface area contributed by atoms with Gasteiger partial charge in [-0.2, -0.15) is 5.10 Å². The number of hydrogen-bond donors (Lipinski definition) is 1. The summed E-state index contributed by atoms with van der Waals surface area (Å²) in [4.78, 5) is 4.31. The van der Waals surface area contributed by atoms with E-state index < -0.39 is 0 Å². The molecule has 0 atom stereocenters. The third kappa shape index (κ3) is 4.06. The molecule has 0 aliphatic carbocycles. The van der Waals surface area contributed by atoms with Crippen LogP contribution in [-0.2, 0) is 24.4 Å². The molecule has 1 aromatic carbocycles. The fraction of sp³-hybridized carbons (Fsp3) is 0.467. The van der Waals surface area contributed by atoms with E-state index in [0.29, 0.717) is 19.1 Å². The van der Waals surface area contributed by atoms with Crippen molar-refractivity contribution in [2.45, 2.75) is 33.5 Å². The van der Waals surface area contributed by atoms with Gasteiger partial charge in [-0.05, 0) is 23.6 Å². The molecule has 20 heavy (non-hydrogen) atoms. The first-order chi connectivity index (χ1) is 9.69. The molecule has 0 unspecified atom stereocenters. The molecule has 1 aromatic heterocycles. The lowest BCUT2D eigenvalue weighted by Gasteiger charge is -2.10. The summed E-state index contributed by atoms with van der Waals surface area (Å²) < 4.78 is 7.10. The van der Waals surface area contributed by atoms with E-state index in [1.165, 1.54) is 0 Å². The van der Waals surface area contributed by atoms with Gasteiger partial charge >= 0.3 is 0 Å². The predicted molar refractivity (Wildman–Crippen MR) is 79.3 cm³/mol. The van der Waals surface area contributed by atoms with Gasteiger partial charge in [-0.1, -0.05) is 26.0 Å². The Morgan fingerprint density at radius 2 is 2.20 bits per heavy atom. The third-order valence-corrected chi connectivity index (χ3v) is 2.92. The van der Waals surface area contributed by atoms with Crippen molar-refractivity contribution < 1.29 is 4.74 Å². The van der Waals surface area contributed by atoms with E-state index in [-0.39, 0.29) is 0 Å². The molecule has 0 amide bonds. The molecule has 5 heteroatoms. The molecule has 2 rings (SSSR count). The van der Waals surface area contributed by atoms with Crippen molar-refractivity contribution >= 4 is 5.69 Å². The largest absolute Gasteiger partial charge is 0.380 e. The molecular weight excluding hydrogens is 252 g/mol. The van der Waals surface area contributed by atoms with Crippen LogP contribution in [0.15, 0.2) is 30.6 Å². The van der Waals surface area contributed by atoms with Crippen molar-refractivity contribution in [3.63, 3.8) is 0 Å². The lowest BCUT2D eigenvalue weighted by atomic mass is 10.2. The number of ether oxygens (including phenoxy) is 1. The number of hydrogen-bond acceptors (Lipinski definition) is 4. The minimum atomic E-state index is 0.556. The predicted octanol–water partition coefficient (Wildman–Crippen LogP) is 2.69. The highest BCUT2D eigenvalue weighted by atomic mass is 16.5. The summed E-state index contributed by atoms with van der Waals surface area (Å²) in [6.45, 7) is 6.53. The Kier molecular flexibility index (Phi) is 5.12. The molecule has 2 aromatic rings. The Balaban J connectivity index is 1.98. The SMILES string of the molecule is COCc1cccc(NCc2ncnn2CC(C)C)c1. The summed E-state index contributed by atoms with van der Waals surface area (Å²) in [5.41, 5.74) is 2.22. The molecule has 0 aliphatic rings. The smallest absolute Gasteiger partial charge is 0.146 e. The molecule has 5 nitrogen and oxygen atoms in total. The van der Waals surface area contributed by atoms with Crippen LogP contribution in [0.2, 0.25) is 0 Å². The third-order valence-electron chi connectivity index (χ3n) is 2.92. The highest BCUT2D eigenvalue weighted by Gasteiger charge is 2.06. The molecule has 0 spiro atoms.